The fraction of sp³-hybridized carbons (Fsp3) is 0.500. The highest BCUT2D eigenvalue weighted by Crippen LogP contribution is 2.26. The van der Waals surface area contributed by atoms with Crippen LogP contribution in [0.2, 0.25) is 0 Å². The van der Waals surface area contributed by atoms with Gasteiger partial charge in [0.15, 0.2) is 10.9 Å². The second-order valence-electron chi connectivity index (χ2n) is 4.07. The number of thiazole rings is 1. The van der Waals surface area contributed by atoms with Crippen LogP contribution < -0.4 is 10.6 Å². The first-order valence-electron chi connectivity index (χ1n) is 5.26. The Kier molecular flexibility index (Phi) is 4.94. The molecule has 0 spiro atoms. The normalized spacial score (nSPS) is 20.7. The van der Waals surface area contributed by atoms with Crippen molar-refractivity contribution in [1.82, 2.24) is 10.3 Å². The number of amides is 1. The number of Topliss-reactive ketones (excluding diaryl/α,β-unsaturated/α-hetero) is 1. The van der Waals surface area contributed by atoms with Crippen LogP contribution in [0.5, 0.6) is 0 Å². The van der Waals surface area contributed by atoms with Crippen molar-refractivity contribution in [3.63, 3.8) is 0 Å². The fourth-order valence-corrected chi connectivity index (χ4v) is 2.30. The van der Waals surface area contributed by atoms with Gasteiger partial charge in [-0.2, -0.15) is 0 Å². The number of hydrogen-bond acceptors (Lipinski definition) is 5. The number of hydrogen-bond donors (Lipinski definition) is 2. The smallest absolute Gasteiger partial charge is 0.262 e. The van der Waals surface area contributed by atoms with Gasteiger partial charge in [-0.1, -0.05) is 11.3 Å². The summed E-state index contributed by atoms with van der Waals surface area (Å²) < 4.78 is 25.8. The zero-order chi connectivity index (χ0) is 13.3. The van der Waals surface area contributed by atoms with Gasteiger partial charge in [0, 0.05) is 13.3 Å². The molecule has 1 aromatic rings. The standard InChI is InChI=1S/C10H11F2N3O2S.ClH/c1-5(16)7-3-13-9(18-7)15-8(17)6-2-10(11,12)4-14-6;/h3,6,14H,2,4H2,1H3,(H,13,15,17);1H. The molecule has 9 heteroatoms. The van der Waals surface area contributed by atoms with Crippen LogP contribution in [0.15, 0.2) is 6.20 Å². The zero-order valence-electron chi connectivity index (χ0n) is 9.91. The van der Waals surface area contributed by atoms with Gasteiger partial charge in [0.2, 0.25) is 5.91 Å². The predicted octanol–water partition coefficient (Wildman–Crippen LogP) is 1.70. The lowest BCUT2D eigenvalue weighted by Crippen LogP contribution is -2.35. The number of anilines is 1. The van der Waals surface area contributed by atoms with Crippen molar-refractivity contribution in [1.29, 1.82) is 0 Å². The van der Waals surface area contributed by atoms with Crippen molar-refractivity contribution >= 4 is 40.6 Å². The highest BCUT2D eigenvalue weighted by molar-refractivity contribution is 7.17. The Morgan fingerprint density at radius 2 is 2.26 bits per heavy atom. The molecule has 1 aliphatic rings. The third kappa shape index (κ3) is 3.92. The predicted molar refractivity (Wildman–Crippen MR) is 69.4 cm³/mol. The SMILES string of the molecule is CC(=O)c1cnc(NC(=O)C2CC(F)(F)CN2)s1.Cl. The molecule has 2 rings (SSSR count). The highest BCUT2D eigenvalue weighted by atomic mass is 35.5. The maximum Gasteiger partial charge on any atom is 0.262 e. The monoisotopic (exact) mass is 311 g/mol. The van der Waals surface area contributed by atoms with Gasteiger partial charge in [0.05, 0.1) is 23.7 Å². The number of nitrogens with zero attached hydrogens (tertiary/aromatic N) is 1. The van der Waals surface area contributed by atoms with Crippen LogP contribution in [-0.2, 0) is 4.79 Å². The molecule has 0 aromatic carbocycles. The van der Waals surface area contributed by atoms with Crippen LogP contribution in [0.4, 0.5) is 13.9 Å². The molecule has 1 atom stereocenters. The molecule has 106 valence electrons. The van der Waals surface area contributed by atoms with Gasteiger partial charge >= 0.3 is 0 Å². The molecule has 0 radical (unpaired) electrons. The highest BCUT2D eigenvalue weighted by Gasteiger charge is 2.42. The molecule has 19 heavy (non-hydrogen) atoms. The molecular formula is C10H12ClF2N3O2S. The van der Waals surface area contributed by atoms with Crippen LogP contribution in [0.3, 0.4) is 0 Å². The van der Waals surface area contributed by atoms with E-state index in [9.17, 15) is 18.4 Å². The van der Waals surface area contributed by atoms with Crippen molar-refractivity contribution in [3.05, 3.63) is 11.1 Å². The van der Waals surface area contributed by atoms with Crippen molar-refractivity contribution in [3.8, 4) is 0 Å². The van der Waals surface area contributed by atoms with Crippen LogP contribution >= 0.6 is 23.7 Å². The van der Waals surface area contributed by atoms with E-state index < -0.39 is 30.8 Å². The molecule has 1 saturated heterocycles. The minimum absolute atomic E-state index is 0. The van der Waals surface area contributed by atoms with E-state index in [1.165, 1.54) is 13.1 Å². The van der Waals surface area contributed by atoms with E-state index in [0.29, 0.717) is 4.88 Å². The summed E-state index contributed by atoms with van der Waals surface area (Å²) in [7, 11) is 0. The van der Waals surface area contributed by atoms with Gasteiger partial charge < -0.3 is 5.32 Å². The molecule has 1 aliphatic heterocycles. The maximum absolute atomic E-state index is 12.9. The molecule has 0 saturated carbocycles. The summed E-state index contributed by atoms with van der Waals surface area (Å²) in [5.74, 6) is -3.56. The molecule has 1 aromatic heterocycles. The summed E-state index contributed by atoms with van der Waals surface area (Å²) >= 11 is 1.02. The summed E-state index contributed by atoms with van der Waals surface area (Å²) in [6, 6.07) is -0.926. The largest absolute Gasteiger partial charge is 0.301 e. The van der Waals surface area contributed by atoms with Gasteiger partial charge in [-0.25, -0.2) is 13.8 Å². The molecule has 1 unspecified atom stereocenters. The quantitative estimate of drug-likeness (QED) is 0.834. The average Bonchev–Trinajstić information content (AvgIpc) is 2.84. The van der Waals surface area contributed by atoms with Crippen LogP contribution in [0.25, 0.3) is 0 Å². The van der Waals surface area contributed by atoms with E-state index in [0.717, 1.165) is 11.3 Å². The molecule has 0 aliphatic carbocycles. The zero-order valence-corrected chi connectivity index (χ0v) is 11.5. The summed E-state index contributed by atoms with van der Waals surface area (Å²) in [6.07, 6.45) is 0.822. The van der Waals surface area contributed by atoms with Crippen molar-refractivity contribution in [2.45, 2.75) is 25.3 Å². The minimum atomic E-state index is -2.85. The second-order valence-corrected chi connectivity index (χ2v) is 5.10. The number of halogens is 3. The van der Waals surface area contributed by atoms with Crippen LogP contribution in [0, 0.1) is 0 Å². The molecule has 5 nitrogen and oxygen atoms in total. The average molecular weight is 312 g/mol. The Morgan fingerprint density at radius 3 is 2.74 bits per heavy atom. The number of carbonyl (C=O) groups excluding carboxylic acids is 2. The van der Waals surface area contributed by atoms with E-state index in [-0.39, 0.29) is 23.3 Å². The number of aromatic nitrogens is 1. The first kappa shape index (κ1) is 15.9. The molecule has 2 N–H and O–H groups in total. The first-order chi connectivity index (χ1) is 8.37. The lowest BCUT2D eigenvalue weighted by Gasteiger charge is -2.08. The van der Waals surface area contributed by atoms with E-state index in [1.54, 1.807) is 0 Å². The number of carbonyl (C=O) groups is 2. The summed E-state index contributed by atoms with van der Waals surface area (Å²) in [5.41, 5.74) is 0. The summed E-state index contributed by atoms with van der Waals surface area (Å²) in [6.45, 7) is 0.889. The van der Waals surface area contributed by atoms with Gasteiger partial charge in [-0.3, -0.25) is 14.9 Å². The Bertz CT molecular complexity index is 495. The van der Waals surface area contributed by atoms with E-state index in [4.69, 9.17) is 0 Å². The van der Waals surface area contributed by atoms with Crippen LogP contribution in [-0.4, -0.2) is 35.2 Å². The molecular weight excluding hydrogens is 300 g/mol. The maximum atomic E-state index is 12.9. The van der Waals surface area contributed by atoms with Gasteiger partial charge in [-0.15, -0.1) is 12.4 Å². The number of nitrogens with one attached hydrogen (secondary N) is 2. The van der Waals surface area contributed by atoms with Crippen molar-refractivity contribution < 1.29 is 18.4 Å². The summed E-state index contributed by atoms with van der Waals surface area (Å²) in [5, 5.41) is 5.10. The second kappa shape index (κ2) is 5.89. The third-order valence-corrected chi connectivity index (χ3v) is 3.52. The Hall–Kier alpha value is -1.12. The minimum Gasteiger partial charge on any atom is -0.301 e. The fourth-order valence-electron chi connectivity index (χ4n) is 1.59. The van der Waals surface area contributed by atoms with Crippen LogP contribution in [0.1, 0.15) is 23.0 Å². The lowest BCUT2D eigenvalue weighted by atomic mass is 10.2. The number of rotatable bonds is 3. The van der Waals surface area contributed by atoms with E-state index in [2.05, 4.69) is 15.6 Å². The first-order valence-corrected chi connectivity index (χ1v) is 6.08. The Morgan fingerprint density at radius 1 is 1.58 bits per heavy atom. The van der Waals surface area contributed by atoms with E-state index in [1.807, 2.05) is 0 Å². The molecule has 1 fully saturated rings. The Balaban J connectivity index is 0.00000180. The molecule has 0 bridgehead atoms. The topological polar surface area (TPSA) is 71.1 Å². The van der Waals surface area contributed by atoms with Gasteiger partial charge in [0.25, 0.3) is 5.92 Å². The van der Waals surface area contributed by atoms with Gasteiger partial charge in [-0.05, 0) is 0 Å². The lowest BCUT2D eigenvalue weighted by molar-refractivity contribution is -0.118. The van der Waals surface area contributed by atoms with Gasteiger partial charge in [0.1, 0.15) is 0 Å². The molecule has 2 heterocycles. The Labute approximate surface area is 118 Å². The van der Waals surface area contributed by atoms with E-state index >= 15 is 0 Å². The summed E-state index contributed by atoms with van der Waals surface area (Å²) in [4.78, 5) is 26.9. The number of ketones is 1. The van der Waals surface area contributed by atoms with Crippen molar-refractivity contribution in [2.75, 3.05) is 11.9 Å². The van der Waals surface area contributed by atoms with Crippen molar-refractivity contribution in [2.24, 2.45) is 0 Å². The number of alkyl halides is 2. The third-order valence-electron chi connectivity index (χ3n) is 2.51. The molecule has 1 amide bonds.